The lowest BCUT2D eigenvalue weighted by Gasteiger charge is -2.17. The molecule has 0 bridgehead atoms. The quantitative estimate of drug-likeness (QED) is 0.866. The minimum absolute atomic E-state index is 0. The van der Waals surface area contributed by atoms with E-state index in [-0.39, 0.29) is 18.3 Å². The van der Waals surface area contributed by atoms with Crippen LogP contribution >= 0.6 is 23.7 Å². The Balaban J connectivity index is 0.00000132. The van der Waals surface area contributed by atoms with E-state index < -0.39 is 0 Å². The Morgan fingerprint density at radius 1 is 1.33 bits per heavy atom. The first-order chi connectivity index (χ1) is 9.83. The monoisotopic (exact) mass is 326 g/mol. The number of fused-ring (bicyclic) bond motifs is 1. The molecule has 1 N–H and O–H groups in total. The number of hydrogen-bond acceptors (Lipinski definition) is 6. The number of carbonyl (C=O) groups excluding carboxylic acids is 1. The third kappa shape index (κ3) is 2.43. The molecule has 2 aromatic rings. The molecule has 2 aliphatic rings. The van der Waals surface area contributed by atoms with Crippen molar-refractivity contribution in [2.24, 2.45) is 11.8 Å². The second-order valence-electron chi connectivity index (χ2n) is 5.28. The van der Waals surface area contributed by atoms with Crippen molar-refractivity contribution in [2.45, 2.75) is 0 Å². The maximum absolute atomic E-state index is 12.7. The summed E-state index contributed by atoms with van der Waals surface area (Å²) in [6.07, 6.45) is 1.52. The van der Waals surface area contributed by atoms with Gasteiger partial charge in [-0.15, -0.1) is 28.8 Å². The number of halogens is 1. The molecular formula is C12H15ClN6OS. The van der Waals surface area contributed by atoms with E-state index in [0.717, 1.165) is 31.9 Å². The predicted molar refractivity (Wildman–Crippen MR) is 80.0 cm³/mol. The zero-order valence-electron chi connectivity index (χ0n) is 11.2. The van der Waals surface area contributed by atoms with Gasteiger partial charge < -0.3 is 10.2 Å². The smallest absolute Gasteiger partial charge is 0.266 e. The lowest BCUT2D eigenvalue weighted by atomic mass is 10.0. The second-order valence-corrected chi connectivity index (χ2v) is 6.19. The van der Waals surface area contributed by atoms with Gasteiger partial charge in [0.2, 0.25) is 0 Å². The Hall–Kier alpha value is -1.51. The normalized spacial score (nSPS) is 23.9. The maximum Gasteiger partial charge on any atom is 0.266 e. The van der Waals surface area contributed by atoms with Crippen LogP contribution in [-0.4, -0.2) is 57.2 Å². The Labute approximate surface area is 131 Å². The fourth-order valence-electron chi connectivity index (χ4n) is 3.08. The molecule has 2 atom stereocenters. The van der Waals surface area contributed by atoms with Crippen LogP contribution in [0.3, 0.4) is 0 Å². The van der Waals surface area contributed by atoms with Crippen LogP contribution in [-0.2, 0) is 0 Å². The molecule has 7 nitrogen and oxygen atoms in total. The Morgan fingerprint density at radius 3 is 2.76 bits per heavy atom. The summed E-state index contributed by atoms with van der Waals surface area (Å²) in [7, 11) is 0. The molecule has 0 radical (unpaired) electrons. The van der Waals surface area contributed by atoms with Crippen molar-refractivity contribution in [3.8, 4) is 5.69 Å². The molecule has 0 aromatic carbocycles. The molecule has 4 heterocycles. The number of hydrogen-bond donors (Lipinski definition) is 1. The molecule has 9 heteroatoms. The lowest BCUT2D eigenvalue weighted by molar-refractivity contribution is 0.0786. The van der Waals surface area contributed by atoms with Crippen molar-refractivity contribution in [3.05, 3.63) is 22.7 Å². The van der Waals surface area contributed by atoms with Crippen LogP contribution in [0.15, 0.2) is 17.8 Å². The van der Waals surface area contributed by atoms with Gasteiger partial charge in [0.15, 0.2) is 0 Å². The molecule has 2 aromatic heterocycles. The molecular weight excluding hydrogens is 312 g/mol. The van der Waals surface area contributed by atoms with Crippen LogP contribution in [0.2, 0.25) is 0 Å². The highest BCUT2D eigenvalue weighted by atomic mass is 35.5. The number of carbonyl (C=O) groups is 1. The van der Waals surface area contributed by atoms with Gasteiger partial charge in [-0.2, -0.15) is 4.68 Å². The Kier molecular flexibility index (Phi) is 3.92. The standard InChI is InChI=1S/C12H14N6OS.ClH/c19-12(17-5-8-3-13-4-9(8)6-17)11-10(1-2-20-11)18-7-14-15-16-18;/h1-2,7-9,13H,3-6H2;1H/t8-,9+;. The molecule has 112 valence electrons. The van der Waals surface area contributed by atoms with E-state index in [1.54, 1.807) is 4.68 Å². The number of rotatable bonds is 2. The van der Waals surface area contributed by atoms with Crippen LogP contribution in [0.4, 0.5) is 0 Å². The predicted octanol–water partition coefficient (Wildman–Crippen LogP) is 0.437. The van der Waals surface area contributed by atoms with E-state index >= 15 is 0 Å². The van der Waals surface area contributed by atoms with E-state index in [1.165, 1.54) is 17.7 Å². The first-order valence-electron chi connectivity index (χ1n) is 6.64. The van der Waals surface area contributed by atoms with Crippen LogP contribution in [0.1, 0.15) is 9.67 Å². The van der Waals surface area contributed by atoms with Gasteiger partial charge in [0.25, 0.3) is 5.91 Å². The summed E-state index contributed by atoms with van der Waals surface area (Å²) in [5, 5.41) is 16.4. The fourth-order valence-corrected chi connectivity index (χ4v) is 3.92. The maximum atomic E-state index is 12.7. The van der Waals surface area contributed by atoms with Crippen LogP contribution in [0.25, 0.3) is 5.69 Å². The van der Waals surface area contributed by atoms with Crippen molar-refractivity contribution in [1.29, 1.82) is 0 Å². The van der Waals surface area contributed by atoms with E-state index in [9.17, 15) is 4.79 Å². The van der Waals surface area contributed by atoms with Gasteiger partial charge in [-0.05, 0) is 33.7 Å². The third-order valence-electron chi connectivity index (χ3n) is 4.11. The average Bonchev–Trinajstić information content (AvgIpc) is 3.19. The van der Waals surface area contributed by atoms with Gasteiger partial charge >= 0.3 is 0 Å². The van der Waals surface area contributed by atoms with Gasteiger partial charge in [-0.25, -0.2) is 0 Å². The minimum atomic E-state index is 0. The Bertz CT molecular complexity index is 617. The van der Waals surface area contributed by atoms with Crippen molar-refractivity contribution >= 4 is 29.7 Å². The number of thiophene rings is 1. The molecule has 21 heavy (non-hydrogen) atoms. The van der Waals surface area contributed by atoms with Crippen LogP contribution in [0.5, 0.6) is 0 Å². The Morgan fingerprint density at radius 2 is 2.10 bits per heavy atom. The lowest BCUT2D eigenvalue weighted by Crippen LogP contribution is -2.31. The van der Waals surface area contributed by atoms with Crippen molar-refractivity contribution in [3.63, 3.8) is 0 Å². The highest BCUT2D eigenvalue weighted by Crippen LogP contribution is 2.30. The molecule has 4 rings (SSSR count). The summed E-state index contributed by atoms with van der Waals surface area (Å²) in [4.78, 5) is 15.4. The summed E-state index contributed by atoms with van der Waals surface area (Å²) in [6.45, 7) is 3.75. The summed E-state index contributed by atoms with van der Waals surface area (Å²) < 4.78 is 1.54. The molecule has 1 amide bonds. The minimum Gasteiger partial charge on any atom is -0.337 e. The number of tetrazole rings is 1. The SMILES string of the molecule is Cl.O=C(c1sccc1-n1cnnn1)N1C[C@H]2CNC[C@H]2C1. The van der Waals surface area contributed by atoms with Gasteiger partial charge in [0.1, 0.15) is 11.2 Å². The number of nitrogens with one attached hydrogen (secondary N) is 1. The largest absolute Gasteiger partial charge is 0.337 e. The number of nitrogens with zero attached hydrogens (tertiary/aromatic N) is 5. The van der Waals surface area contributed by atoms with Gasteiger partial charge in [0.05, 0.1) is 5.69 Å². The summed E-state index contributed by atoms with van der Waals surface area (Å²) in [5.74, 6) is 1.31. The number of aromatic nitrogens is 4. The van der Waals surface area contributed by atoms with Crippen molar-refractivity contribution < 1.29 is 4.79 Å². The molecule has 0 aliphatic carbocycles. The van der Waals surface area contributed by atoms with Gasteiger partial charge in [-0.1, -0.05) is 0 Å². The topological polar surface area (TPSA) is 75.9 Å². The zero-order valence-corrected chi connectivity index (χ0v) is 12.8. The van der Waals surface area contributed by atoms with Crippen LogP contribution < -0.4 is 5.32 Å². The average molecular weight is 327 g/mol. The molecule has 2 saturated heterocycles. The zero-order chi connectivity index (χ0) is 13.5. The van der Waals surface area contributed by atoms with E-state index in [2.05, 4.69) is 20.8 Å². The molecule has 2 aliphatic heterocycles. The molecule has 2 fully saturated rings. The summed E-state index contributed by atoms with van der Waals surface area (Å²) in [5.41, 5.74) is 0.764. The van der Waals surface area contributed by atoms with E-state index in [4.69, 9.17) is 0 Å². The highest BCUT2D eigenvalue weighted by Gasteiger charge is 2.39. The summed E-state index contributed by atoms with van der Waals surface area (Å²) >= 11 is 1.45. The second kappa shape index (κ2) is 5.70. The van der Waals surface area contributed by atoms with Gasteiger partial charge in [0, 0.05) is 26.2 Å². The molecule has 0 unspecified atom stereocenters. The van der Waals surface area contributed by atoms with Crippen molar-refractivity contribution in [1.82, 2.24) is 30.4 Å². The van der Waals surface area contributed by atoms with Crippen LogP contribution in [0, 0.1) is 11.8 Å². The highest BCUT2D eigenvalue weighted by molar-refractivity contribution is 7.12. The summed E-state index contributed by atoms with van der Waals surface area (Å²) in [6, 6.07) is 1.88. The van der Waals surface area contributed by atoms with Crippen molar-refractivity contribution in [2.75, 3.05) is 26.2 Å². The molecule has 0 saturated carbocycles. The molecule has 0 spiro atoms. The van der Waals surface area contributed by atoms with Gasteiger partial charge in [-0.3, -0.25) is 4.79 Å². The number of likely N-dealkylation sites (tertiary alicyclic amines) is 1. The number of amides is 1. The van der Waals surface area contributed by atoms with E-state index in [1.807, 2.05) is 16.3 Å². The fraction of sp³-hybridized carbons (Fsp3) is 0.500. The third-order valence-corrected chi connectivity index (χ3v) is 5.00. The first-order valence-corrected chi connectivity index (χ1v) is 7.52. The van der Waals surface area contributed by atoms with E-state index in [0.29, 0.717) is 16.7 Å². The first kappa shape index (κ1) is 14.4.